The summed E-state index contributed by atoms with van der Waals surface area (Å²) < 4.78 is 10.9. The molecule has 0 bridgehead atoms. The molecule has 1 aromatic heterocycles. The molecule has 0 radical (unpaired) electrons. The van der Waals surface area contributed by atoms with Gasteiger partial charge in [0.15, 0.2) is 11.5 Å². The lowest BCUT2D eigenvalue weighted by Crippen LogP contribution is -2.04. The Labute approximate surface area is 82.5 Å². The van der Waals surface area contributed by atoms with Crippen molar-refractivity contribution in [2.45, 2.75) is 13.0 Å². The first-order valence-corrected chi connectivity index (χ1v) is 4.55. The molecule has 74 valence electrons. The second-order valence-electron chi connectivity index (χ2n) is 3.28. The maximum absolute atomic E-state index is 5.78. The molecular weight excluding hydrogens is 178 g/mol. The smallest absolute Gasteiger partial charge is 0.169 e. The molecular formula is C11H13NO2. The zero-order valence-electron chi connectivity index (χ0n) is 8.28. The van der Waals surface area contributed by atoms with Crippen LogP contribution in [-0.2, 0) is 0 Å². The van der Waals surface area contributed by atoms with Crippen LogP contribution in [0.4, 0.5) is 0 Å². The van der Waals surface area contributed by atoms with Crippen molar-refractivity contribution in [2.75, 3.05) is 7.11 Å². The van der Waals surface area contributed by atoms with E-state index in [2.05, 4.69) is 0 Å². The number of methoxy groups -OCH3 is 1. The van der Waals surface area contributed by atoms with E-state index in [9.17, 15) is 0 Å². The number of rotatable bonds is 2. The van der Waals surface area contributed by atoms with Gasteiger partial charge in [0.05, 0.1) is 18.5 Å². The van der Waals surface area contributed by atoms with Crippen LogP contribution >= 0.6 is 0 Å². The molecule has 2 N–H and O–H groups in total. The summed E-state index contributed by atoms with van der Waals surface area (Å²) in [4.78, 5) is 0. The highest BCUT2D eigenvalue weighted by Crippen LogP contribution is 2.35. The van der Waals surface area contributed by atoms with Crippen molar-refractivity contribution in [3.05, 3.63) is 30.0 Å². The number of nitrogens with two attached hydrogens (primary N) is 1. The summed E-state index contributed by atoms with van der Waals surface area (Å²) in [5.41, 5.74) is 6.60. The fourth-order valence-electron chi connectivity index (χ4n) is 1.55. The zero-order chi connectivity index (χ0) is 10.1. The van der Waals surface area contributed by atoms with Gasteiger partial charge in [-0.1, -0.05) is 12.1 Å². The predicted octanol–water partition coefficient (Wildman–Crippen LogP) is 2.46. The Balaban J connectivity index is 2.72. The van der Waals surface area contributed by atoms with Crippen LogP contribution in [0.1, 0.15) is 18.7 Å². The number of hydrogen-bond acceptors (Lipinski definition) is 3. The van der Waals surface area contributed by atoms with Crippen LogP contribution in [0.5, 0.6) is 5.75 Å². The molecule has 0 aliphatic heterocycles. The van der Waals surface area contributed by atoms with E-state index in [0.717, 1.165) is 16.7 Å². The van der Waals surface area contributed by atoms with E-state index in [-0.39, 0.29) is 6.04 Å². The molecule has 1 atom stereocenters. The van der Waals surface area contributed by atoms with E-state index in [1.807, 2.05) is 31.2 Å². The van der Waals surface area contributed by atoms with Gasteiger partial charge >= 0.3 is 0 Å². The minimum absolute atomic E-state index is 0.155. The number of benzene rings is 1. The summed E-state index contributed by atoms with van der Waals surface area (Å²) in [6.07, 6.45) is 0. The fourth-order valence-corrected chi connectivity index (χ4v) is 1.55. The van der Waals surface area contributed by atoms with Gasteiger partial charge in [-0.25, -0.2) is 0 Å². The third kappa shape index (κ3) is 1.26. The van der Waals surface area contributed by atoms with Gasteiger partial charge in [-0.3, -0.25) is 0 Å². The zero-order valence-corrected chi connectivity index (χ0v) is 8.28. The van der Waals surface area contributed by atoms with Crippen LogP contribution in [0.25, 0.3) is 11.0 Å². The second kappa shape index (κ2) is 3.35. The standard InChI is InChI=1S/C11H13NO2/c1-7(12)10-11(13-2)8-5-3-4-6-9(8)14-10/h3-7H,12H2,1-2H3. The molecule has 0 saturated heterocycles. The van der Waals surface area contributed by atoms with Gasteiger partial charge in [0.2, 0.25) is 0 Å². The van der Waals surface area contributed by atoms with Crippen molar-refractivity contribution < 1.29 is 9.15 Å². The monoisotopic (exact) mass is 191 g/mol. The first-order chi connectivity index (χ1) is 6.74. The van der Waals surface area contributed by atoms with Crippen LogP contribution in [0.15, 0.2) is 28.7 Å². The van der Waals surface area contributed by atoms with Gasteiger partial charge < -0.3 is 14.9 Å². The van der Waals surface area contributed by atoms with Gasteiger partial charge in [-0.15, -0.1) is 0 Å². The summed E-state index contributed by atoms with van der Waals surface area (Å²) in [6, 6.07) is 7.59. The number of hydrogen-bond donors (Lipinski definition) is 1. The van der Waals surface area contributed by atoms with Crippen molar-refractivity contribution in [1.29, 1.82) is 0 Å². The molecule has 0 spiro atoms. The fraction of sp³-hybridized carbons (Fsp3) is 0.273. The Hall–Kier alpha value is -1.48. The lowest BCUT2D eigenvalue weighted by atomic mass is 10.2. The third-order valence-electron chi connectivity index (χ3n) is 2.19. The van der Waals surface area contributed by atoms with Crippen molar-refractivity contribution in [1.82, 2.24) is 0 Å². The van der Waals surface area contributed by atoms with Crippen molar-refractivity contribution in [3.63, 3.8) is 0 Å². The average Bonchev–Trinajstić information content (AvgIpc) is 2.56. The summed E-state index contributed by atoms with van der Waals surface area (Å²) >= 11 is 0. The highest BCUT2D eigenvalue weighted by molar-refractivity contribution is 5.85. The summed E-state index contributed by atoms with van der Waals surface area (Å²) in [7, 11) is 1.63. The van der Waals surface area contributed by atoms with E-state index in [1.165, 1.54) is 0 Å². The SMILES string of the molecule is COc1c(C(C)N)oc2ccccc12. The molecule has 2 aromatic rings. The molecule has 3 nitrogen and oxygen atoms in total. The molecule has 0 amide bonds. The minimum atomic E-state index is -0.155. The van der Waals surface area contributed by atoms with E-state index in [0.29, 0.717) is 5.76 Å². The first-order valence-electron chi connectivity index (χ1n) is 4.55. The van der Waals surface area contributed by atoms with E-state index in [1.54, 1.807) is 7.11 Å². The van der Waals surface area contributed by atoms with Crippen LogP contribution in [-0.4, -0.2) is 7.11 Å². The van der Waals surface area contributed by atoms with Crippen molar-refractivity contribution in [2.24, 2.45) is 5.73 Å². The highest BCUT2D eigenvalue weighted by atomic mass is 16.5. The Kier molecular flexibility index (Phi) is 2.17. The van der Waals surface area contributed by atoms with Gasteiger partial charge in [0.25, 0.3) is 0 Å². The molecule has 0 fully saturated rings. The Bertz CT molecular complexity index is 445. The Morgan fingerprint density at radius 3 is 2.71 bits per heavy atom. The van der Waals surface area contributed by atoms with Crippen molar-refractivity contribution in [3.8, 4) is 5.75 Å². The highest BCUT2D eigenvalue weighted by Gasteiger charge is 2.16. The molecule has 2 rings (SSSR count). The summed E-state index contributed by atoms with van der Waals surface area (Å²) in [6.45, 7) is 1.88. The Morgan fingerprint density at radius 1 is 1.36 bits per heavy atom. The molecule has 3 heteroatoms. The van der Waals surface area contributed by atoms with Gasteiger partial charge in [-0.05, 0) is 19.1 Å². The van der Waals surface area contributed by atoms with Gasteiger partial charge in [0, 0.05) is 0 Å². The molecule has 0 aliphatic carbocycles. The first kappa shape index (κ1) is 9.09. The van der Waals surface area contributed by atoms with E-state index in [4.69, 9.17) is 14.9 Å². The molecule has 1 heterocycles. The van der Waals surface area contributed by atoms with Gasteiger partial charge in [0.1, 0.15) is 5.58 Å². The minimum Gasteiger partial charge on any atom is -0.492 e. The molecule has 1 unspecified atom stereocenters. The Morgan fingerprint density at radius 2 is 2.07 bits per heavy atom. The van der Waals surface area contributed by atoms with Crippen LogP contribution in [0.2, 0.25) is 0 Å². The molecule has 14 heavy (non-hydrogen) atoms. The van der Waals surface area contributed by atoms with Crippen LogP contribution in [0.3, 0.4) is 0 Å². The number of fused-ring (bicyclic) bond motifs is 1. The molecule has 1 aromatic carbocycles. The third-order valence-corrected chi connectivity index (χ3v) is 2.19. The summed E-state index contributed by atoms with van der Waals surface area (Å²) in [5, 5.41) is 0.974. The number of furan rings is 1. The largest absolute Gasteiger partial charge is 0.492 e. The number of para-hydroxylation sites is 1. The number of ether oxygens (including phenoxy) is 1. The average molecular weight is 191 g/mol. The maximum atomic E-state index is 5.78. The quantitative estimate of drug-likeness (QED) is 0.793. The lowest BCUT2D eigenvalue weighted by molar-refractivity contribution is 0.388. The second-order valence-corrected chi connectivity index (χ2v) is 3.28. The molecule has 0 aliphatic rings. The van der Waals surface area contributed by atoms with Crippen molar-refractivity contribution >= 4 is 11.0 Å². The van der Waals surface area contributed by atoms with Crippen LogP contribution in [0, 0.1) is 0 Å². The van der Waals surface area contributed by atoms with E-state index >= 15 is 0 Å². The van der Waals surface area contributed by atoms with Crippen LogP contribution < -0.4 is 10.5 Å². The molecule has 0 saturated carbocycles. The summed E-state index contributed by atoms with van der Waals surface area (Å²) in [5.74, 6) is 1.45. The lowest BCUT2D eigenvalue weighted by Gasteiger charge is -2.03. The topological polar surface area (TPSA) is 48.4 Å². The predicted molar refractivity (Wildman–Crippen MR) is 55.4 cm³/mol. The van der Waals surface area contributed by atoms with Gasteiger partial charge in [-0.2, -0.15) is 0 Å². The van der Waals surface area contributed by atoms with E-state index < -0.39 is 0 Å². The maximum Gasteiger partial charge on any atom is 0.169 e. The normalized spacial score (nSPS) is 13.1.